The molecule has 0 fully saturated rings. The fraction of sp³-hybridized carbons (Fsp3) is 0.286. The summed E-state index contributed by atoms with van der Waals surface area (Å²) in [6, 6.07) is 37.0. The molecule has 1 heterocycles. The van der Waals surface area contributed by atoms with Crippen LogP contribution in [0.4, 0.5) is 4.79 Å². The molecule has 0 saturated heterocycles. The molecule has 0 aliphatic rings. The molecule has 5 aromatic rings. The quantitative estimate of drug-likeness (QED) is 0.0694. The fourth-order valence-corrected chi connectivity index (χ4v) is 7.80. The van der Waals surface area contributed by atoms with Crippen molar-refractivity contribution >= 4 is 25.3 Å². The third-order valence-corrected chi connectivity index (χ3v) is 10.7. The van der Waals surface area contributed by atoms with E-state index in [1.165, 1.54) is 0 Å². The number of carbonyl (C=O) groups is 3. The summed E-state index contributed by atoms with van der Waals surface area (Å²) in [7, 11) is -4.43. The number of ether oxygens (including phenoxy) is 2. The smallest absolute Gasteiger partial charge is 0.408 e. The van der Waals surface area contributed by atoms with Crippen molar-refractivity contribution in [3.8, 4) is 11.3 Å². The van der Waals surface area contributed by atoms with Crippen molar-refractivity contribution in [2.45, 2.75) is 64.1 Å². The van der Waals surface area contributed by atoms with Crippen molar-refractivity contribution in [2.75, 3.05) is 6.16 Å². The van der Waals surface area contributed by atoms with Gasteiger partial charge in [0.25, 0.3) is 0 Å². The van der Waals surface area contributed by atoms with Gasteiger partial charge in [0.1, 0.15) is 35.5 Å². The molecule has 0 radical (unpaired) electrons. The highest BCUT2D eigenvalue weighted by molar-refractivity contribution is 7.58. The molecule has 1 aromatic heterocycles. The molecule has 0 bridgehead atoms. The normalized spacial score (nSPS) is 14.1. The van der Waals surface area contributed by atoms with E-state index in [1.807, 2.05) is 84.9 Å². The van der Waals surface area contributed by atoms with Crippen molar-refractivity contribution in [1.82, 2.24) is 15.8 Å². The lowest BCUT2D eigenvalue weighted by molar-refractivity contribution is -0.158. The maximum Gasteiger partial charge on any atom is 0.408 e. The topological polar surface area (TPSA) is 157 Å². The Morgan fingerprint density at radius 2 is 1.30 bits per heavy atom. The number of hydrogen-bond acceptors (Lipinski definition) is 8. The molecule has 11 nitrogen and oxygen atoms in total. The van der Waals surface area contributed by atoms with Crippen molar-refractivity contribution in [1.29, 1.82) is 0 Å². The number of aromatic nitrogens is 1. The highest BCUT2D eigenvalue weighted by atomic mass is 31.2. The van der Waals surface area contributed by atoms with Crippen LogP contribution < -0.4 is 10.6 Å². The van der Waals surface area contributed by atoms with Crippen LogP contribution in [0.25, 0.3) is 11.3 Å². The van der Waals surface area contributed by atoms with Crippen LogP contribution in [-0.2, 0) is 49.5 Å². The number of amides is 2. The zero-order chi connectivity index (χ0) is 38.6. The van der Waals surface area contributed by atoms with Crippen LogP contribution in [0.5, 0.6) is 0 Å². The molecule has 2 unspecified atom stereocenters. The number of nitrogens with one attached hydrogen (secondary N) is 2. The first kappa shape index (κ1) is 39.7. The number of esters is 1. The number of carbonyl (C=O) groups excluding carboxylic acids is 3. The number of benzene rings is 4. The molecule has 0 saturated carbocycles. The van der Waals surface area contributed by atoms with E-state index in [2.05, 4.69) is 15.8 Å². The lowest BCUT2D eigenvalue weighted by atomic mass is 10.0. The van der Waals surface area contributed by atoms with Gasteiger partial charge in [-0.15, -0.1) is 0 Å². The van der Waals surface area contributed by atoms with E-state index in [-0.39, 0.29) is 25.9 Å². The Hall–Kier alpha value is -5.51. The van der Waals surface area contributed by atoms with Gasteiger partial charge in [0, 0.05) is 37.1 Å². The summed E-state index contributed by atoms with van der Waals surface area (Å²) in [6.45, 7) is 5.15. The summed E-state index contributed by atoms with van der Waals surface area (Å²) in [5.74, 6) is -3.54. The Balaban J connectivity index is 1.43. The first-order chi connectivity index (χ1) is 25.8. The van der Waals surface area contributed by atoms with Crippen molar-refractivity contribution < 1.29 is 37.8 Å². The van der Waals surface area contributed by atoms with Crippen LogP contribution >= 0.6 is 7.37 Å². The van der Waals surface area contributed by atoms with Crippen molar-refractivity contribution in [3.05, 3.63) is 150 Å². The molecule has 4 atom stereocenters. The van der Waals surface area contributed by atoms with E-state index in [0.29, 0.717) is 17.0 Å². The number of alkyl carbamates (subject to hydrolysis) is 1. The molecule has 2 amide bonds. The van der Waals surface area contributed by atoms with Gasteiger partial charge in [-0.3, -0.25) is 9.36 Å². The Kier molecular flexibility index (Phi) is 13.6. The van der Waals surface area contributed by atoms with E-state index in [9.17, 15) is 23.8 Å². The minimum Gasteiger partial charge on any atom is -0.458 e. The number of nitrogens with zero attached hydrogens (tertiary/aromatic N) is 1. The monoisotopic (exact) mass is 751 g/mol. The average Bonchev–Trinajstić information content (AvgIpc) is 3.62. The van der Waals surface area contributed by atoms with Crippen LogP contribution in [0.3, 0.4) is 0 Å². The standard InChI is InChI=1S/C42H46N3O8P/c1-42(2,3)52-40(47)37(24-30-16-8-4-9-17-30)43-39(46)34(26-35-27-36(45-53-35)33-22-14-7-15-23-33)29-54(49,50)38(25-31-18-10-5-11-19-31)44-41(48)51-28-32-20-12-6-13-21-32/h4-23,27,34,37-38H,24-26,28-29H2,1-3H3,(H,43,46)(H,44,48)(H,49,50)/t34?,37-,38+/m0/s1. The van der Waals surface area contributed by atoms with Crippen LogP contribution in [0.1, 0.15) is 43.2 Å². The maximum atomic E-state index is 14.5. The third-order valence-electron chi connectivity index (χ3n) is 8.48. The molecule has 0 spiro atoms. The summed E-state index contributed by atoms with van der Waals surface area (Å²) in [5.41, 5.74) is 2.69. The highest BCUT2D eigenvalue weighted by Crippen LogP contribution is 2.48. The summed E-state index contributed by atoms with van der Waals surface area (Å²) >= 11 is 0. The van der Waals surface area contributed by atoms with Gasteiger partial charge in [-0.25, -0.2) is 9.59 Å². The predicted octanol–water partition coefficient (Wildman–Crippen LogP) is 7.34. The van der Waals surface area contributed by atoms with E-state index in [1.54, 1.807) is 63.2 Å². The third kappa shape index (κ3) is 12.3. The molecule has 54 heavy (non-hydrogen) atoms. The van der Waals surface area contributed by atoms with Crippen LogP contribution in [0.15, 0.2) is 132 Å². The SMILES string of the molecule is CC(C)(C)OC(=O)[C@H](Cc1ccccc1)NC(=O)C(Cc1cc(-c2ccccc2)no1)CP(=O)(O)[C@H](Cc1ccccc1)NC(=O)OCc1ccccc1. The fourth-order valence-electron chi connectivity index (χ4n) is 5.82. The number of hydrogen-bond donors (Lipinski definition) is 3. The van der Waals surface area contributed by atoms with Gasteiger partial charge in [-0.05, 0) is 37.5 Å². The van der Waals surface area contributed by atoms with Gasteiger partial charge in [-0.2, -0.15) is 0 Å². The van der Waals surface area contributed by atoms with E-state index < -0.39 is 54.8 Å². The Morgan fingerprint density at radius 1 is 0.759 bits per heavy atom. The second kappa shape index (κ2) is 18.5. The van der Waals surface area contributed by atoms with Gasteiger partial charge in [0.05, 0.1) is 5.92 Å². The van der Waals surface area contributed by atoms with Gasteiger partial charge in [-0.1, -0.05) is 126 Å². The maximum absolute atomic E-state index is 14.5. The molecule has 282 valence electrons. The summed E-state index contributed by atoms with van der Waals surface area (Å²) in [5, 5.41) is 9.60. The molecular formula is C42H46N3O8P. The van der Waals surface area contributed by atoms with E-state index >= 15 is 0 Å². The zero-order valence-corrected chi connectivity index (χ0v) is 31.5. The minimum absolute atomic E-state index is 0.0155. The highest BCUT2D eigenvalue weighted by Gasteiger charge is 2.39. The first-order valence-electron chi connectivity index (χ1n) is 17.8. The van der Waals surface area contributed by atoms with Gasteiger partial charge >= 0.3 is 12.1 Å². The Labute approximate surface area is 315 Å². The zero-order valence-electron chi connectivity index (χ0n) is 30.6. The Bertz CT molecular complexity index is 2000. The largest absolute Gasteiger partial charge is 0.458 e. The van der Waals surface area contributed by atoms with Gasteiger partial charge in [0.2, 0.25) is 13.3 Å². The molecule has 5 rings (SSSR count). The molecular weight excluding hydrogens is 705 g/mol. The molecule has 0 aliphatic carbocycles. The number of rotatable bonds is 16. The van der Waals surface area contributed by atoms with Crippen LogP contribution in [0.2, 0.25) is 0 Å². The molecule has 3 N–H and O–H groups in total. The van der Waals surface area contributed by atoms with Gasteiger partial charge < -0.3 is 29.5 Å². The van der Waals surface area contributed by atoms with Crippen molar-refractivity contribution in [3.63, 3.8) is 0 Å². The summed E-state index contributed by atoms with van der Waals surface area (Å²) in [4.78, 5) is 52.8. The molecule has 4 aromatic carbocycles. The summed E-state index contributed by atoms with van der Waals surface area (Å²) < 4.78 is 31.3. The first-order valence-corrected chi connectivity index (χ1v) is 19.7. The van der Waals surface area contributed by atoms with Crippen LogP contribution in [0, 0.1) is 5.92 Å². The molecule has 12 heteroatoms. The summed E-state index contributed by atoms with van der Waals surface area (Å²) in [6.07, 6.45) is -1.47. The Morgan fingerprint density at radius 3 is 1.87 bits per heavy atom. The lowest BCUT2D eigenvalue weighted by Crippen LogP contribution is -2.48. The second-order valence-corrected chi connectivity index (χ2v) is 16.6. The second-order valence-electron chi connectivity index (χ2n) is 14.1. The van der Waals surface area contributed by atoms with Crippen LogP contribution in [-0.4, -0.2) is 51.6 Å². The van der Waals surface area contributed by atoms with E-state index in [4.69, 9.17) is 14.0 Å². The predicted molar refractivity (Wildman–Crippen MR) is 205 cm³/mol. The lowest BCUT2D eigenvalue weighted by Gasteiger charge is -2.29. The molecule has 0 aliphatic heterocycles. The van der Waals surface area contributed by atoms with E-state index in [0.717, 1.165) is 16.7 Å². The van der Waals surface area contributed by atoms with Gasteiger partial charge in [0.15, 0.2) is 0 Å². The minimum atomic E-state index is -4.43. The van der Waals surface area contributed by atoms with Crippen molar-refractivity contribution in [2.24, 2.45) is 5.92 Å². The average molecular weight is 752 g/mol.